The van der Waals surface area contributed by atoms with Crippen LogP contribution in [-0.4, -0.2) is 28.9 Å². The lowest BCUT2D eigenvalue weighted by Gasteiger charge is -2.19. The second-order valence-electron chi connectivity index (χ2n) is 6.80. The van der Waals surface area contributed by atoms with Crippen LogP contribution in [-0.2, 0) is 0 Å². The molecule has 4 aromatic rings. The van der Waals surface area contributed by atoms with Crippen LogP contribution in [0.3, 0.4) is 0 Å². The van der Waals surface area contributed by atoms with Crippen molar-refractivity contribution in [2.24, 2.45) is 0 Å². The third kappa shape index (κ3) is 3.73. The number of aromatic nitrogens is 2. The van der Waals surface area contributed by atoms with Crippen molar-refractivity contribution in [3.8, 4) is 0 Å². The number of hydrogen-bond donors (Lipinski definition) is 3. The smallest absolute Gasteiger partial charge is 0.256 e. The maximum absolute atomic E-state index is 12.9. The van der Waals surface area contributed by atoms with Crippen molar-refractivity contribution in [3.05, 3.63) is 82.1 Å². The van der Waals surface area contributed by atoms with Gasteiger partial charge in [0.1, 0.15) is 5.00 Å². The molecule has 2 aromatic carbocycles. The number of aromatic amines is 1. The van der Waals surface area contributed by atoms with Crippen LogP contribution in [0.25, 0.3) is 10.9 Å². The van der Waals surface area contributed by atoms with Crippen LogP contribution in [0.2, 0.25) is 5.02 Å². The molecule has 0 bridgehead atoms. The fourth-order valence-electron chi connectivity index (χ4n) is 3.62. The first kappa shape index (κ1) is 19.5. The molecular formula is C22H21ClN4OS. The van der Waals surface area contributed by atoms with E-state index in [0.717, 1.165) is 32.7 Å². The Bertz CT molecular complexity index is 1170. The van der Waals surface area contributed by atoms with Gasteiger partial charge >= 0.3 is 0 Å². The summed E-state index contributed by atoms with van der Waals surface area (Å²) < 4.78 is 4.29. The van der Waals surface area contributed by atoms with E-state index in [1.54, 1.807) is 7.05 Å². The standard InChI is InChI=1S/C22H21ClN4OS/c1-13-20(22(24-2)29-27-13)21(28)26-12-16(14-7-3-5-9-18(14)23)17-11-25-19-10-6-4-8-15(17)19/h3-11,16,24-25H,12H2,1-2H3,(H,26,28). The van der Waals surface area contributed by atoms with E-state index in [1.807, 2.05) is 55.6 Å². The van der Waals surface area contributed by atoms with Gasteiger partial charge in [0.15, 0.2) is 0 Å². The lowest BCUT2D eigenvalue weighted by atomic mass is 9.90. The highest BCUT2D eigenvalue weighted by Crippen LogP contribution is 2.34. The normalized spacial score (nSPS) is 12.1. The molecule has 0 aliphatic rings. The van der Waals surface area contributed by atoms with E-state index in [9.17, 15) is 4.79 Å². The summed E-state index contributed by atoms with van der Waals surface area (Å²) in [4.78, 5) is 16.3. The van der Waals surface area contributed by atoms with Crippen molar-refractivity contribution >= 4 is 44.9 Å². The van der Waals surface area contributed by atoms with Gasteiger partial charge in [0.25, 0.3) is 5.91 Å². The van der Waals surface area contributed by atoms with Crippen LogP contribution in [0, 0.1) is 6.92 Å². The Morgan fingerprint density at radius 2 is 1.93 bits per heavy atom. The van der Waals surface area contributed by atoms with Crippen LogP contribution in [0.15, 0.2) is 54.7 Å². The number of para-hydroxylation sites is 1. The Kier molecular flexibility index (Phi) is 5.56. The first-order valence-electron chi connectivity index (χ1n) is 9.32. The number of halogens is 1. The van der Waals surface area contributed by atoms with Crippen LogP contribution < -0.4 is 10.6 Å². The lowest BCUT2D eigenvalue weighted by Crippen LogP contribution is -2.29. The Hall–Kier alpha value is -2.83. The topological polar surface area (TPSA) is 69.8 Å². The van der Waals surface area contributed by atoms with Gasteiger partial charge in [0.2, 0.25) is 0 Å². The largest absolute Gasteiger partial charge is 0.378 e. The third-order valence-electron chi connectivity index (χ3n) is 5.06. The number of fused-ring (bicyclic) bond motifs is 1. The van der Waals surface area contributed by atoms with Gasteiger partial charge in [-0.1, -0.05) is 48.0 Å². The zero-order valence-electron chi connectivity index (χ0n) is 16.1. The van der Waals surface area contributed by atoms with Crippen molar-refractivity contribution < 1.29 is 4.79 Å². The zero-order chi connectivity index (χ0) is 20.4. The van der Waals surface area contributed by atoms with E-state index >= 15 is 0 Å². The number of aryl methyl sites for hydroxylation is 1. The Balaban J connectivity index is 1.69. The molecule has 0 saturated carbocycles. The molecule has 0 fully saturated rings. The molecule has 29 heavy (non-hydrogen) atoms. The fraction of sp³-hybridized carbons (Fsp3) is 0.182. The van der Waals surface area contributed by atoms with Crippen molar-refractivity contribution in [1.82, 2.24) is 14.7 Å². The van der Waals surface area contributed by atoms with Crippen molar-refractivity contribution in [1.29, 1.82) is 0 Å². The molecule has 1 atom stereocenters. The molecule has 0 radical (unpaired) electrons. The average molecular weight is 425 g/mol. The molecule has 2 aromatic heterocycles. The molecule has 1 amide bonds. The van der Waals surface area contributed by atoms with Crippen LogP contribution >= 0.6 is 23.1 Å². The highest BCUT2D eigenvalue weighted by molar-refractivity contribution is 7.10. The van der Waals surface area contributed by atoms with Gasteiger partial charge in [-0.05, 0) is 41.7 Å². The van der Waals surface area contributed by atoms with Gasteiger partial charge in [-0.15, -0.1) is 0 Å². The highest BCUT2D eigenvalue weighted by atomic mass is 35.5. The number of nitrogens with zero attached hydrogens (tertiary/aromatic N) is 1. The number of rotatable bonds is 6. The van der Waals surface area contributed by atoms with Gasteiger partial charge in [0.05, 0.1) is 11.3 Å². The maximum Gasteiger partial charge on any atom is 0.256 e. The summed E-state index contributed by atoms with van der Waals surface area (Å²) >= 11 is 7.82. The second-order valence-corrected chi connectivity index (χ2v) is 7.98. The Labute approximate surface area is 178 Å². The SMILES string of the molecule is CNc1snc(C)c1C(=O)NCC(c1ccccc1Cl)c1c[nH]c2ccccc12. The summed E-state index contributed by atoms with van der Waals surface area (Å²) in [5, 5.41) is 8.71. The summed E-state index contributed by atoms with van der Waals surface area (Å²) in [5.41, 5.74) is 4.45. The molecular weight excluding hydrogens is 404 g/mol. The summed E-state index contributed by atoms with van der Waals surface area (Å²) in [7, 11) is 1.79. The lowest BCUT2D eigenvalue weighted by molar-refractivity contribution is 0.0953. The summed E-state index contributed by atoms with van der Waals surface area (Å²) in [6, 6.07) is 15.9. The van der Waals surface area contributed by atoms with Gasteiger partial charge in [-0.25, -0.2) is 0 Å². The molecule has 1 unspecified atom stereocenters. The fourth-order valence-corrected chi connectivity index (χ4v) is 4.63. The van der Waals surface area contributed by atoms with Crippen LogP contribution in [0.4, 0.5) is 5.00 Å². The summed E-state index contributed by atoms with van der Waals surface area (Å²) in [6.07, 6.45) is 2.00. The van der Waals surface area contributed by atoms with Gasteiger partial charge < -0.3 is 15.6 Å². The first-order chi connectivity index (χ1) is 14.1. The molecule has 0 aliphatic carbocycles. The van der Waals surface area contributed by atoms with E-state index < -0.39 is 0 Å². The van der Waals surface area contributed by atoms with Crippen LogP contribution in [0.1, 0.15) is 33.1 Å². The number of hydrogen-bond acceptors (Lipinski definition) is 4. The second kappa shape index (κ2) is 8.27. The number of anilines is 1. The van der Waals surface area contributed by atoms with Crippen LogP contribution in [0.5, 0.6) is 0 Å². The number of carbonyl (C=O) groups is 1. The van der Waals surface area contributed by atoms with Crippen molar-refractivity contribution in [2.45, 2.75) is 12.8 Å². The molecule has 148 valence electrons. The minimum absolute atomic E-state index is 0.0891. The molecule has 4 rings (SSSR count). The third-order valence-corrected chi connectivity index (χ3v) is 6.36. The molecule has 2 heterocycles. The monoisotopic (exact) mass is 424 g/mol. The number of nitrogens with one attached hydrogen (secondary N) is 3. The van der Waals surface area contributed by atoms with E-state index in [-0.39, 0.29) is 11.8 Å². The first-order valence-corrected chi connectivity index (χ1v) is 10.5. The number of carbonyl (C=O) groups excluding carboxylic acids is 1. The Morgan fingerprint density at radius 3 is 2.72 bits per heavy atom. The minimum Gasteiger partial charge on any atom is -0.378 e. The molecule has 0 saturated heterocycles. The molecule has 0 aliphatic heterocycles. The van der Waals surface area contributed by atoms with E-state index in [1.165, 1.54) is 11.5 Å². The molecule has 5 nitrogen and oxygen atoms in total. The number of H-pyrrole nitrogens is 1. The quantitative estimate of drug-likeness (QED) is 0.399. The van der Waals surface area contributed by atoms with Crippen molar-refractivity contribution in [2.75, 3.05) is 18.9 Å². The Morgan fingerprint density at radius 1 is 1.17 bits per heavy atom. The number of amides is 1. The van der Waals surface area contributed by atoms with Gasteiger partial charge in [0, 0.05) is 41.6 Å². The molecule has 3 N–H and O–H groups in total. The summed E-state index contributed by atoms with van der Waals surface area (Å²) in [5.74, 6) is -0.230. The minimum atomic E-state index is -0.141. The molecule has 0 spiro atoms. The number of benzene rings is 2. The predicted molar refractivity (Wildman–Crippen MR) is 120 cm³/mol. The highest BCUT2D eigenvalue weighted by Gasteiger charge is 2.23. The van der Waals surface area contributed by atoms with Gasteiger partial charge in [-0.2, -0.15) is 4.37 Å². The summed E-state index contributed by atoms with van der Waals surface area (Å²) in [6.45, 7) is 2.26. The van der Waals surface area contributed by atoms with E-state index in [0.29, 0.717) is 17.1 Å². The zero-order valence-corrected chi connectivity index (χ0v) is 17.7. The van der Waals surface area contributed by atoms with Gasteiger partial charge in [-0.3, -0.25) is 4.79 Å². The van der Waals surface area contributed by atoms with E-state index in [2.05, 4.69) is 26.1 Å². The van der Waals surface area contributed by atoms with E-state index in [4.69, 9.17) is 11.6 Å². The predicted octanol–water partition coefficient (Wildman–Crippen LogP) is 5.19. The maximum atomic E-state index is 12.9. The average Bonchev–Trinajstić information content (AvgIpc) is 3.33. The molecule has 7 heteroatoms. The van der Waals surface area contributed by atoms with Crippen molar-refractivity contribution in [3.63, 3.8) is 0 Å².